The maximum Gasteiger partial charge on any atom is 0.0703 e. The quantitative estimate of drug-likeness (QED) is 0.307. The zero-order chi connectivity index (χ0) is 18.2. The van der Waals surface area contributed by atoms with Crippen LogP contribution < -0.4 is 0 Å². The van der Waals surface area contributed by atoms with E-state index >= 15 is 0 Å². The van der Waals surface area contributed by atoms with Crippen molar-refractivity contribution in [2.45, 2.75) is 94.8 Å². The Hall–Kier alpha value is -0.500. The normalized spacial score (nSPS) is 23.3. The zero-order valence-corrected chi connectivity index (χ0v) is 16.6. The van der Waals surface area contributed by atoms with Crippen molar-refractivity contribution in [2.75, 3.05) is 12.4 Å². The molecule has 3 atom stereocenters. The van der Waals surface area contributed by atoms with Crippen LogP contribution in [0.15, 0.2) is 12.2 Å². The monoisotopic (exact) mass is 367 g/mol. The first-order valence-corrected chi connectivity index (χ1v) is 11.3. The molecule has 0 aromatic carbocycles. The van der Waals surface area contributed by atoms with Crippen LogP contribution in [0, 0.1) is 17.2 Å². The lowest BCUT2D eigenvalue weighted by atomic mass is 9.94. The molecule has 25 heavy (non-hydrogen) atoms. The maximum absolute atomic E-state index is 10.2. The van der Waals surface area contributed by atoms with Gasteiger partial charge in [-0.25, -0.2) is 0 Å². The van der Waals surface area contributed by atoms with Gasteiger partial charge < -0.3 is 10.2 Å². The van der Waals surface area contributed by atoms with Crippen LogP contribution in [0.2, 0.25) is 0 Å². The Kier molecular flexibility index (Phi) is 14.2. The standard InChI is InChI=1S/C21H37NO2S/c22-16-12-8-5-7-11-15-21-19(20(24)18-25-21)14-10-6-3-1-2-4-9-13-17-23/h10,14,19-21,23-24H,1-9,11-13,15,17-18H2/t19-,20+,21+/m0/s1. The molecule has 1 saturated heterocycles. The van der Waals surface area contributed by atoms with E-state index in [2.05, 4.69) is 18.2 Å². The Balaban J connectivity index is 2.11. The van der Waals surface area contributed by atoms with Crippen molar-refractivity contribution in [2.24, 2.45) is 5.92 Å². The van der Waals surface area contributed by atoms with Gasteiger partial charge in [-0.1, -0.05) is 57.1 Å². The van der Waals surface area contributed by atoms with E-state index in [1.165, 1.54) is 44.9 Å². The molecule has 1 aliphatic heterocycles. The number of hydrogen-bond acceptors (Lipinski definition) is 4. The van der Waals surface area contributed by atoms with Crippen molar-refractivity contribution >= 4 is 11.8 Å². The number of nitrogens with zero attached hydrogens (tertiary/aromatic N) is 1. The molecular weight excluding hydrogens is 330 g/mol. The predicted octanol–water partition coefficient (Wildman–Crippen LogP) is 5.22. The molecule has 0 spiro atoms. The van der Waals surface area contributed by atoms with Gasteiger partial charge in [0.25, 0.3) is 0 Å². The highest BCUT2D eigenvalue weighted by Crippen LogP contribution is 2.37. The molecule has 4 heteroatoms. The van der Waals surface area contributed by atoms with E-state index in [1.54, 1.807) is 0 Å². The van der Waals surface area contributed by atoms with Crippen LogP contribution in [-0.4, -0.2) is 33.9 Å². The summed E-state index contributed by atoms with van der Waals surface area (Å²) in [5.41, 5.74) is 0. The molecular formula is C21H37NO2S. The largest absolute Gasteiger partial charge is 0.396 e. The molecule has 0 aromatic heterocycles. The summed E-state index contributed by atoms with van der Waals surface area (Å²) in [6, 6.07) is 2.21. The fourth-order valence-electron chi connectivity index (χ4n) is 3.46. The molecule has 2 N–H and O–H groups in total. The molecule has 0 unspecified atom stereocenters. The van der Waals surface area contributed by atoms with Gasteiger partial charge in [-0.3, -0.25) is 0 Å². The van der Waals surface area contributed by atoms with Crippen LogP contribution in [-0.2, 0) is 0 Å². The zero-order valence-electron chi connectivity index (χ0n) is 15.7. The van der Waals surface area contributed by atoms with Gasteiger partial charge in [0.1, 0.15) is 0 Å². The Labute approximate surface area is 158 Å². The summed E-state index contributed by atoms with van der Waals surface area (Å²) in [6.45, 7) is 0.325. The van der Waals surface area contributed by atoms with E-state index in [-0.39, 0.29) is 6.10 Å². The van der Waals surface area contributed by atoms with E-state index in [0.29, 0.717) is 24.2 Å². The molecule has 0 aromatic rings. The van der Waals surface area contributed by atoms with Crippen molar-refractivity contribution < 1.29 is 10.2 Å². The molecule has 1 aliphatic rings. The fourth-order valence-corrected chi connectivity index (χ4v) is 4.95. The smallest absolute Gasteiger partial charge is 0.0703 e. The van der Waals surface area contributed by atoms with Crippen LogP contribution in [0.25, 0.3) is 0 Å². The lowest BCUT2D eigenvalue weighted by Crippen LogP contribution is -2.21. The highest BCUT2D eigenvalue weighted by molar-refractivity contribution is 8.00. The predicted molar refractivity (Wildman–Crippen MR) is 108 cm³/mol. The molecule has 0 radical (unpaired) electrons. The summed E-state index contributed by atoms with van der Waals surface area (Å²) in [6.07, 6.45) is 19.1. The molecule has 0 amide bonds. The number of aliphatic hydroxyl groups excluding tert-OH is 2. The van der Waals surface area contributed by atoms with Gasteiger partial charge >= 0.3 is 0 Å². The summed E-state index contributed by atoms with van der Waals surface area (Å²) in [4.78, 5) is 0. The summed E-state index contributed by atoms with van der Waals surface area (Å²) in [7, 11) is 0. The fraction of sp³-hybridized carbons (Fsp3) is 0.857. The van der Waals surface area contributed by atoms with E-state index in [1.807, 2.05) is 11.8 Å². The van der Waals surface area contributed by atoms with Gasteiger partial charge in [-0.15, -0.1) is 0 Å². The lowest BCUT2D eigenvalue weighted by Gasteiger charge is -2.17. The van der Waals surface area contributed by atoms with Gasteiger partial charge in [-0.2, -0.15) is 17.0 Å². The van der Waals surface area contributed by atoms with Crippen LogP contribution >= 0.6 is 11.8 Å². The van der Waals surface area contributed by atoms with E-state index < -0.39 is 0 Å². The Morgan fingerprint density at radius 2 is 1.64 bits per heavy atom. The number of rotatable bonds is 15. The van der Waals surface area contributed by atoms with Gasteiger partial charge in [0.2, 0.25) is 0 Å². The van der Waals surface area contributed by atoms with Crippen molar-refractivity contribution in [1.29, 1.82) is 5.26 Å². The topological polar surface area (TPSA) is 64.2 Å². The second-order valence-electron chi connectivity index (χ2n) is 7.19. The second kappa shape index (κ2) is 15.7. The van der Waals surface area contributed by atoms with Gasteiger partial charge in [0.05, 0.1) is 12.2 Å². The molecule has 0 bridgehead atoms. The first kappa shape index (κ1) is 22.5. The minimum absolute atomic E-state index is 0.177. The van der Waals surface area contributed by atoms with Crippen LogP contribution in [0.3, 0.4) is 0 Å². The molecule has 144 valence electrons. The van der Waals surface area contributed by atoms with Crippen molar-refractivity contribution in [3.8, 4) is 6.07 Å². The summed E-state index contributed by atoms with van der Waals surface area (Å²) < 4.78 is 0. The first-order valence-electron chi connectivity index (χ1n) is 10.2. The number of aliphatic hydroxyl groups is 2. The van der Waals surface area contributed by atoms with Crippen molar-refractivity contribution in [1.82, 2.24) is 0 Å². The van der Waals surface area contributed by atoms with Gasteiger partial charge in [-0.05, 0) is 32.1 Å². The summed E-state index contributed by atoms with van der Waals surface area (Å²) in [5, 5.41) is 28.1. The van der Waals surface area contributed by atoms with Gasteiger partial charge in [0, 0.05) is 29.9 Å². The average Bonchev–Trinajstić information content (AvgIpc) is 2.96. The first-order chi connectivity index (χ1) is 12.3. The minimum Gasteiger partial charge on any atom is -0.396 e. The van der Waals surface area contributed by atoms with Crippen LogP contribution in [0.4, 0.5) is 0 Å². The number of hydrogen-bond donors (Lipinski definition) is 2. The van der Waals surface area contributed by atoms with Crippen LogP contribution in [0.1, 0.15) is 83.5 Å². The summed E-state index contributed by atoms with van der Waals surface area (Å²) >= 11 is 1.93. The molecule has 1 fully saturated rings. The van der Waals surface area contributed by atoms with Crippen molar-refractivity contribution in [3.05, 3.63) is 12.2 Å². The van der Waals surface area contributed by atoms with Crippen molar-refractivity contribution in [3.63, 3.8) is 0 Å². The van der Waals surface area contributed by atoms with E-state index in [9.17, 15) is 5.11 Å². The molecule has 1 heterocycles. The Bertz CT molecular complexity index is 381. The third kappa shape index (κ3) is 10.9. The Morgan fingerprint density at radius 1 is 0.960 bits per heavy atom. The maximum atomic E-state index is 10.2. The van der Waals surface area contributed by atoms with E-state index in [4.69, 9.17) is 10.4 Å². The van der Waals surface area contributed by atoms with Gasteiger partial charge in [0.15, 0.2) is 0 Å². The number of unbranched alkanes of at least 4 members (excludes halogenated alkanes) is 10. The molecule has 0 aliphatic carbocycles. The molecule has 0 saturated carbocycles. The minimum atomic E-state index is -0.177. The van der Waals surface area contributed by atoms with E-state index in [0.717, 1.165) is 37.9 Å². The molecule has 1 rings (SSSR count). The highest BCUT2D eigenvalue weighted by Gasteiger charge is 2.32. The van der Waals surface area contributed by atoms with Crippen LogP contribution in [0.5, 0.6) is 0 Å². The summed E-state index contributed by atoms with van der Waals surface area (Å²) in [5.74, 6) is 1.20. The Morgan fingerprint density at radius 3 is 2.40 bits per heavy atom. The molecule has 3 nitrogen and oxygen atoms in total. The average molecular weight is 368 g/mol. The number of allylic oxidation sites excluding steroid dienone is 1. The lowest BCUT2D eigenvalue weighted by molar-refractivity contribution is 0.159. The number of nitriles is 1. The number of thioether (sulfide) groups is 1. The SMILES string of the molecule is N#CCCCCCC[C@H]1SC[C@@H](O)[C@@H]1C=CCCCCCCCCO. The second-order valence-corrected chi connectivity index (χ2v) is 8.46. The third-order valence-electron chi connectivity index (χ3n) is 5.02. The highest BCUT2D eigenvalue weighted by atomic mass is 32.2. The third-order valence-corrected chi connectivity index (χ3v) is 6.53.